The highest BCUT2D eigenvalue weighted by Gasteiger charge is 2.49. The average molecular weight is 365 g/mol. The van der Waals surface area contributed by atoms with Crippen LogP contribution in [-0.2, 0) is 4.79 Å². The Morgan fingerprint density at radius 2 is 1.74 bits per heavy atom. The van der Waals surface area contributed by atoms with Crippen molar-refractivity contribution in [3.8, 4) is 11.5 Å². The van der Waals surface area contributed by atoms with Crippen molar-refractivity contribution in [3.63, 3.8) is 0 Å². The molecule has 0 saturated heterocycles. The molecule has 0 radical (unpaired) electrons. The van der Waals surface area contributed by atoms with Crippen LogP contribution in [0.4, 0.5) is 5.69 Å². The van der Waals surface area contributed by atoms with Crippen molar-refractivity contribution < 1.29 is 14.3 Å². The molecular formula is C21H23N3O3. The molecule has 2 aliphatic carbocycles. The topological polar surface area (TPSA) is 107 Å². The van der Waals surface area contributed by atoms with Gasteiger partial charge in [-0.15, -0.1) is 0 Å². The Kier molecular flexibility index (Phi) is 4.58. The summed E-state index contributed by atoms with van der Waals surface area (Å²) in [7, 11) is 0. The number of fused-ring (bicyclic) bond motifs is 2. The summed E-state index contributed by atoms with van der Waals surface area (Å²) >= 11 is 0. The number of nitrogens with two attached hydrogens (primary N) is 2. The molecule has 27 heavy (non-hydrogen) atoms. The fourth-order valence-electron chi connectivity index (χ4n) is 4.41. The average Bonchev–Trinajstić information content (AvgIpc) is 3.24. The molecule has 4 unspecified atom stereocenters. The predicted molar refractivity (Wildman–Crippen MR) is 102 cm³/mol. The first-order chi connectivity index (χ1) is 13.0. The van der Waals surface area contributed by atoms with Crippen molar-refractivity contribution in [1.82, 2.24) is 0 Å². The van der Waals surface area contributed by atoms with Gasteiger partial charge in [-0.1, -0.05) is 6.07 Å². The summed E-state index contributed by atoms with van der Waals surface area (Å²) in [5, 5.41) is 2.98. The van der Waals surface area contributed by atoms with E-state index >= 15 is 0 Å². The third-order valence-corrected chi connectivity index (χ3v) is 5.76. The highest BCUT2D eigenvalue weighted by atomic mass is 16.5. The smallest absolute Gasteiger partial charge is 0.248 e. The SMILES string of the molecule is NC(=O)c1cccc(Oc2ccc(NC(=O)C3C4CCC(C4)C3N)cc2)c1. The molecule has 2 aromatic carbocycles. The number of hydrogen-bond donors (Lipinski definition) is 3. The molecule has 4 rings (SSSR count). The van der Waals surface area contributed by atoms with Gasteiger partial charge in [0.1, 0.15) is 11.5 Å². The summed E-state index contributed by atoms with van der Waals surface area (Å²) in [6.07, 6.45) is 3.34. The number of rotatable bonds is 5. The zero-order valence-electron chi connectivity index (χ0n) is 14.9. The predicted octanol–water partition coefficient (Wildman–Crippen LogP) is 2.89. The minimum atomic E-state index is -0.502. The molecular weight excluding hydrogens is 342 g/mol. The second kappa shape index (κ2) is 7.04. The van der Waals surface area contributed by atoms with E-state index in [0.29, 0.717) is 34.6 Å². The maximum Gasteiger partial charge on any atom is 0.248 e. The van der Waals surface area contributed by atoms with Crippen molar-refractivity contribution in [2.45, 2.75) is 25.3 Å². The lowest BCUT2D eigenvalue weighted by Gasteiger charge is -2.27. The summed E-state index contributed by atoms with van der Waals surface area (Å²) < 4.78 is 5.75. The normalized spacial score (nSPS) is 26.0. The third kappa shape index (κ3) is 3.53. The van der Waals surface area contributed by atoms with E-state index in [9.17, 15) is 9.59 Å². The quantitative estimate of drug-likeness (QED) is 0.757. The van der Waals surface area contributed by atoms with Gasteiger partial charge >= 0.3 is 0 Å². The first kappa shape index (κ1) is 17.5. The number of carbonyl (C=O) groups is 2. The van der Waals surface area contributed by atoms with Crippen LogP contribution in [0.2, 0.25) is 0 Å². The minimum Gasteiger partial charge on any atom is -0.457 e. The molecule has 6 nitrogen and oxygen atoms in total. The van der Waals surface area contributed by atoms with Gasteiger partial charge in [-0.3, -0.25) is 9.59 Å². The number of nitrogens with one attached hydrogen (secondary N) is 1. The Labute approximate surface area is 157 Å². The standard InChI is InChI=1S/C21H23N3O3/c22-19-13-5-4-12(10-13)18(19)21(26)24-15-6-8-16(9-7-15)27-17-3-1-2-14(11-17)20(23)25/h1-3,6-9,11-13,18-19H,4-5,10,22H2,(H2,23,25)(H,24,26). The Bertz CT molecular complexity index is 863. The maximum absolute atomic E-state index is 12.6. The zero-order valence-corrected chi connectivity index (χ0v) is 14.9. The van der Waals surface area contributed by atoms with Crippen LogP contribution in [-0.4, -0.2) is 17.9 Å². The molecule has 0 heterocycles. The second-order valence-electron chi connectivity index (χ2n) is 7.44. The Hall–Kier alpha value is -2.86. The van der Waals surface area contributed by atoms with Gasteiger partial charge in [-0.05, 0) is 73.6 Å². The van der Waals surface area contributed by atoms with Crippen molar-refractivity contribution in [3.05, 3.63) is 54.1 Å². The van der Waals surface area contributed by atoms with Crippen molar-refractivity contribution in [2.75, 3.05) is 5.32 Å². The number of carbonyl (C=O) groups excluding carboxylic acids is 2. The molecule has 4 atom stereocenters. The van der Waals surface area contributed by atoms with Crippen molar-refractivity contribution in [2.24, 2.45) is 29.2 Å². The van der Waals surface area contributed by atoms with Crippen LogP contribution < -0.4 is 21.5 Å². The van der Waals surface area contributed by atoms with E-state index in [-0.39, 0.29) is 17.9 Å². The number of primary amides is 1. The van der Waals surface area contributed by atoms with Crippen LogP contribution in [0, 0.1) is 17.8 Å². The van der Waals surface area contributed by atoms with E-state index in [0.717, 1.165) is 19.3 Å². The minimum absolute atomic E-state index is 0.0116. The van der Waals surface area contributed by atoms with Gasteiger partial charge in [0.15, 0.2) is 0 Å². The van der Waals surface area contributed by atoms with Gasteiger partial charge < -0.3 is 21.5 Å². The van der Waals surface area contributed by atoms with E-state index in [1.807, 2.05) is 0 Å². The first-order valence-electron chi connectivity index (χ1n) is 9.25. The molecule has 2 bridgehead atoms. The van der Waals surface area contributed by atoms with Crippen LogP contribution in [0.3, 0.4) is 0 Å². The van der Waals surface area contributed by atoms with Gasteiger partial charge in [0.05, 0.1) is 5.92 Å². The Morgan fingerprint density at radius 3 is 2.41 bits per heavy atom. The number of hydrogen-bond acceptors (Lipinski definition) is 4. The third-order valence-electron chi connectivity index (χ3n) is 5.76. The van der Waals surface area contributed by atoms with Gasteiger partial charge in [-0.2, -0.15) is 0 Å². The summed E-state index contributed by atoms with van der Waals surface area (Å²) in [5.41, 5.74) is 12.6. The summed E-state index contributed by atoms with van der Waals surface area (Å²) in [6.45, 7) is 0. The van der Waals surface area contributed by atoms with Crippen LogP contribution in [0.1, 0.15) is 29.6 Å². The Morgan fingerprint density at radius 1 is 1.00 bits per heavy atom. The molecule has 2 saturated carbocycles. The zero-order chi connectivity index (χ0) is 19.0. The van der Waals surface area contributed by atoms with E-state index in [1.54, 1.807) is 48.5 Å². The van der Waals surface area contributed by atoms with Crippen molar-refractivity contribution >= 4 is 17.5 Å². The highest BCUT2D eigenvalue weighted by Crippen LogP contribution is 2.47. The van der Waals surface area contributed by atoms with E-state index < -0.39 is 5.91 Å². The van der Waals surface area contributed by atoms with Gasteiger partial charge in [0, 0.05) is 17.3 Å². The fourth-order valence-corrected chi connectivity index (χ4v) is 4.41. The van der Waals surface area contributed by atoms with Gasteiger partial charge in [-0.25, -0.2) is 0 Å². The maximum atomic E-state index is 12.6. The number of amides is 2. The summed E-state index contributed by atoms with van der Waals surface area (Å²) in [4.78, 5) is 23.9. The van der Waals surface area contributed by atoms with Crippen LogP contribution in [0.5, 0.6) is 11.5 Å². The molecule has 0 aliphatic heterocycles. The number of ether oxygens (including phenoxy) is 1. The molecule has 0 aromatic heterocycles. The van der Waals surface area contributed by atoms with E-state index in [1.165, 1.54) is 0 Å². The molecule has 2 aromatic rings. The molecule has 2 aliphatic rings. The van der Waals surface area contributed by atoms with Crippen LogP contribution in [0.25, 0.3) is 0 Å². The van der Waals surface area contributed by atoms with Crippen molar-refractivity contribution in [1.29, 1.82) is 0 Å². The van der Waals surface area contributed by atoms with E-state index in [2.05, 4.69) is 5.32 Å². The highest BCUT2D eigenvalue weighted by molar-refractivity contribution is 5.94. The van der Waals surface area contributed by atoms with E-state index in [4.69, 9.17) is 16.2 Å². The summed E-state index contributed by atoms with van der Waals surface area (Å²) in [5.74, 6) is 1.47. The molecule has 5 N–H and O–H groups in total. The lowest BCUT2D eigenvalue weighted by atomic mass is 9.84. The lowest BCUT2D eigenvalue weighted by molar-refractivity contribution is -0.121. The monoisotopic (exact) mass is 365 g/mol. The van der Waals surface area contributed by atoms with Crippen LogP contribution >= 0.6 is 0 Å². The molecule has 2 fully saturated rings. The van der Waals surface area contributed by atoms with Gasteiger partial charge in [0.25, 0.3) is 0 Å². The van der Waals surface area contributed by atoms with Gasteiger partial charge in [0.2, 0.25) is 11.8 Å². The molecule has 140 valence electrons. The Balaban J connectivity index is 1.40. The summed E-state index contributed by atoms with van der Waals surface area (Å²) in [6, 6.07) is 13.8. The lowest BCUT2D eigenvalue weighted by Crippen LogP contribution is -2.42. The largest absolute Gasteiger partial charge is 0.457 e. The number of anilines is 1. The van der Waals surface area contributed by atoms with Crippen LogP contribution in [0.15, 0.2) is 48.5 Å². The first-order valence-corrected chi connectivity index (χ1v) is 9.25. The second-order valence-corrected chi connectivity index (χ2v) is 7.44. The molecule has 2 amide bonds. The molecule has 6 heteroatoms. The number of benzene rings is 2. The fraction of sp³-hybridized carbons (Fsp3) is 0.333. The molecule has 0 spiro atoms.